The number of hydrogen-bond donors (Lipinski definition) is 0. The van der Waals surface area contributed by atoms with Crippen molar-refractivity contribution in [2.45, 2.75) is 88.6 Å². The van der Waals surface area contributed by atoms with E-state index in [4.69, 9.17) is 0 Å². The maximum atomic E-state index is 14.6. The van der Waals surface area contributed by atoms with Crippen LogP contribution in [0.2, 0.25) is 0 Å². The molecule has 58 heavy (non-hydrogen) atoms. The van der Waals surface area contributed by atoms with Gasteiger partial charge in [0.05, 0.1) is 0 Å². The first-order valence-corrected chi connectivity index (χ1v) is 23.3. The smallest absolute Gasteiger partial charge is 1.00 e. The number of allylic oxidation sites excluding steroid dienone is 6. The van der Waals surface area contributed by atoms with E-state index in [1.54, 1.807) is 12.1 Å². The standard InChI is InChI=1S/C23H21.C15H8F6.C11H17.2ClH.Zr/c1-22(2)7-5-14-10-18-16(12-20(14)22)9-17-13-21-15(11-19(17)18)6-8-23(21,3)4;16-14(17,18)12-5-1-3-10(8-12)7-11-4-2-6-13(9-11)15(19,20)21;1-5-9-6-7-10(8-9)11(2,3)4;;;/h5-13H,1-4H3;1-6,8-9H;7-9H,5H2,1-4H3;2*1H;/q;;;;;+2/p-2. The van der Waals surface area contributed by atoms with Gasteiger partial charge in [0.25, 0.3) is 0 Å². The van der Waals surface area contributed by atoms with Gasteiger partial charge >= 0.3 is 336 Å². The van der Waals surface area contributed by atoms with E-state index in [1.165, 1.54) is 38.7 Å². The molecule has 4 aromatic rings. The third kappa shape index (κ3) is 7.56. The van der Waals surface area contributed by atoms with Crippen LogP contribution in [0, 0.1) is 11.3 Å². The molecule has 8 rings (SSSR count). The predicted molar refractivity (Wildman–Crippen MR) is 213 cm³/mol. The zero-order valence-electron chi connectivity index (χ0n) is 33.8. The van der Waals surface area contributed by atoms with Crippen LogP contribution in [0.25, 0.3) is 23.3 Å². The van der Waals surface area contributed by atoms with Crippen LogP contribution in [0.5, 0.6) is 0 Å². The van der Waals surface area contributed by atoms with Gasteiger partial charge in [-0.3, -0.25) is 0 Å². The van der Waals surface area contributed by atoms with Gasteiger partial charge in [-0.15, -0.1) is 0 Å². The van der Waals surface area contributed by atoms with Crippen molar-refractivity contribution in [1.82, 2.24) is 0 Å². The van der Waals surface area contributed by atoms with Gasteiger partial charge in [0.1, 0.15) is 0 Å². The van der Waals surface area contributed by atoms with Gasteiger partial charge in [0.2, 0.25) is 0 Å². The number of rotatable bonds is 5. The van der Waals surface area contributed by atoms with E-state index in [2.05, 4.69) is 116 Å². The van der Waals surface area contributed by atoms with E-state index in [9.17, 15) is 26.3 Å². The monoisotopic (exact) mass is 908 g/mol. The van der Waals surface area contributed by atoms with E-state index in [-0.39, 0.29) is 50.6 Å². The Morgan fingerprint density at radius 2 is 1.10 bits per heavy atom. The van der Waals surface area contributed by atoms with Gasteiger partial charge in [0.15, 0.2) is 0 Å². The SMILES string of the molecule is CCC1C=C(C(C)(C)C)C=[C]1[Zr+2](=[C](c1cccc(C(F)(F)F)c1)c1cccc(C(F)(F)F)c1)[CH]1c2cc3c(cc2-c2cc4c(cc21)C(C)(C)C=C4)C=CC3(C)C.[Cl-].[Cl-]. The van der Waals surface area contributed by atoms with Gasteiger partial charge in [-0.25, -0.2) is 0 Å². The van der Waals surface area contributed by atoms with Crippen molar-refractivity contribution in [1.29, 1.82) is 0 Å². The summed E-state index contributed by atoms with van der Waals surface area (Å²) in [5.41, 5.74) is 8.64. The van der Waals surface area contributed by atoms with Crippen molar-refractivity contribution in [3.8, 4) is 11.1 Å². The molecule has 0 amide bonds. The van der Waals surface area contributed by atoms with Crippen LogP contribution in [0.1, 0.15) is 121 Å². The molecule has 0 nitrogen and oxygen atoms in total. The Labute approximate surface area is 358 Å². The van der Waals surface area contributed by atoms with Gasteiger partial charge < -0.3 is 24.8 Å². The normalized spacial score (nSPS) is 18.3. The number of hydrogen-bond acceptors (Lipinski definition) is 0. The summed E-state index contributed by atoms with van der Waals surface area (Å²) < 4.78 is 89.1. The molecule has 0 N–H and O–H groups in total. The van der Waals surface area contributed by atoms with E-state index >= 15 is 0 Å². The Kier molecular flexibility index (Phi) is 11.5. The molecule has 302 valence electrons. The second-order valence-electron chi connectivity index (χ2n) is 18.0. The fraction of sp³-hybridized carbons (Fsp3) is 0.327. The average molecular weight is 911 g/mol. The molecule has 0 radical (unpaired) electrons. The summed E-state index contributed by atoms with van der Waals surface area (Å²) in [6.07, 6.45) is 4.87. The molecule has 0 aliphatic heterocycles. The summed E-state index contributed by atoms with van der Waals surface area (Å²) in [6, 6.07) is 19.8. The van der Waals surface area contributed by atoms with Gasteiger partial charge in [0, 0.05) is 0 Å². The third-order valence-corrected chi connectivity index (χ3v) is 20.8. The molecule has 4 aliphatic rings. The van der Waals surface area contributed by atoms with Crippen LogP contribution < -0.4 is 24.8 Å². The second kappa shape index (κ2) is 15.0. The average Bonchev–Trinajstić information content (AvgIpc) is 3.85. The van der Waals surface area contributed by atoms with E-state index in [1.807, 2.05) is 0 Å². The molecule has 9 heteroatoms. The van der Waals surface area contributed by atoms with Gasteiger partial charge in [-0.2, -0.15) is 0 Å². The first-order chi connectivity index (χ1) is 26.1. The molecule has 0 bridgehead atoms. The fourth-order valence-electron chi connectivity index (χ4n) is 9.20. The number of alkyl halides is 6. The van der Waals surface area contributed by atoms with E-state index < -0.39 is 44.7 Å². The minimum Gasteiger partial charge on any atom is -1.00 e. The summed E-state index contributed by atoms with van der Waals surface area (Å²) in [6.45, 7) is 17.4. The van der Waals surface area contributed by atoms with Gasteiger partial charge in [-0.1, -0.05) is 0 Å². The van der Waals surface area contributed by atoms with Crippen molar-refractivity contribution in [2.24, 2.45) is 11.3 Å². The minimum atomic E-state index is -4.64. The maximum Gasteiger partial charge on any atom is -1.00 e. The number of halogens is 8. The predicted octanol–water partition coefficient (Wildman–Crippen LogP) is 8.19. The Morgan fingerprint density at radius 3 is 1.50 bits per heavy atom. The van der Waals surface area contributed by atoms with Crippen LogP contribution in [0.4, 0.5) is 26.3 Å². The molecular weight excluding hydrogens is 865 g/mol. The maximum absolute atomic E-state index is 14.6. The summed E-state index contributed by atoms with van der Waals surface area (Å²) in [5.74, 6) is -0.00204. The third-order valence-electron chi connectivity index (χ3n) is 12.3. The molecule has 0 aromatic heterocycles. The van der Waals surface area contributed by atoms with Crippen LogP contribution in [-0.2, 0) is 44.4 Å². The molecule has 1 unspecified atom stereocenters. The molecule has 0 saturated carbocycles. The summed E-state index contributed by atoms with van der Waals surface area (Å²) in [7, 11) is 0. The first-order valence-electron chi connectivity index (χ1n) is 19.4. The molecule has 0 spiro atoms. The molecular formula is C49H46Cl2F6Zr. The van der Waals surface area contributed by atoms with E-state index in [0.29, 0.717) is 14.3 Å². The van der Waals surface area contributed by atoms with Gasteiger partial charge in [-0.05, 0) is 0 Å². The van der Waals surface area contributed by atoms with E-state index in [0.717, 1.165) is 57.5 Å². The first kappa shape index (κ1) is 44.3. The molecule has 4 aliphatic carbocycles. The quantitative estimate of drug-likeness (QED) is 0.178. The Morgan fingerprint density at radius 1 is 0.655 bits per heavy atom. The molecule has 0 saturated heterocycles. The van der Waals surface area contributed by atoms with Crippen LogP contribution in [-0.4, -0.2) is 3.21 Å². The molecule has 4 aromatic carbocycles. The Hall–Kier alpha value is -3.25. The van der Waals surface area contributed by atoms with Crippen molar-refractivity contribution < 1.29 is 72.4 Å². The summed E-state index contributed by atoms with van der Waals surface area (Å²) in [4.78, 5) is 0. The second-order valence-corrected chi connectivity index (χ2v) is 24.1. The largest absolute Gasteiger partial charge is 1.00 e. The van der Waals surface area contributed by atoms with Crippen LogP contribution >= 0.6 is 0 Å². The Balaban J connectivity index is 0.00000283. The molecule has 1 atom stereocenters. The van der Waals surface area contributed by atoms with Crippen LogP contribution in [0.15, 0.2) is 106 Å². The number of benzene rings is 4. The summed E-state index contributed by atoms with van der Waals surface area (Å²) in [5, 5.41) is 0. The molecule has 0 heterocycles. The summed E-state index contributed by atoms with van der Waals surface area (Å²) >= 11 is -3.85. The zero-order valence-corrected chi connectivity index (χ0v) is 37.7. The Bertz CT molecular complexity index is 2340. The topological polar surface area (TPSA) is 0 Å². The van der Waals surface area contributed by atoms with Crippen molar-refractivity contribution in [3.63, 3.8) is 0 Å². The van der Waals surface area contributed by atoms with Crippen molar-refractivity contribution in [3.05, 3.63) is 162 Å². The van der Waals surface area contributed by atoms with Crippen LogP contribution in [0.3, 0.4) is 0 Å². The fourth-order valence-corrected chi connectivity index (χ4v) is 18.9. The van der Waals surface area contributed by atoms with Crippen molar-refractivity contribution in [2.75, 3.05) is 0 Å². The zero-order chi connectivity index (χ0) is 40.3. The molecule has 0 fully saturated rings. The van der Waals surface area contributed by atoms with Crippen molar-refractivity contribution >= 4 is 15.4 Å². The number of fused-ring (bicyclic) bond motifs is 5. The minimum absolute atomic E-state index is 0.